The lowest BCUT2D eigenvalue weighted by Crippen LogP contribution is -2.48. The van der Waals surface area contributed by atoms with Gasteiger partial charge in [0.15, 0.2) is 5.65 Å². The van der Waals surface area contributed by atoms with E-state index in [-0.39, 0.29) is 21.9 Å². The van der Waals surface area contributed by atoms with Crippen molar-refractivity contribution in [3.63, 3.8) is 0 Å². The largest absolute Gasteiger partial charge is 0.364 e. The van der Waals surface area contributed by atoms with Crippen LogP contribution in [0.25, 0.3) is 22.3 Å². The predicted octanol–water partition coefficient (Wildman–Crippen LogP) is 2.23. The number of aromatic nitrogens is 4. The van der Waals surface area contributed by atoms with Gasteiger partial charge in [-0.15, -0.1) is 0 Å². The van der Waals surface area contributed by atoms with Crippen molar-refractivity contribution < 1.29 is 9.18 Å². The molecule has 0 aliphatic carbocycles. The maximum absolute atomic E-state index is 13.9. The number of hydrogen-bond donors (Lipinski definition) is 3. The number of primary amides is 1. The Morgan fingerprint density at radius 1 is 1.32 bits per heavy atom. The fourth-order valence-corrected chi connectivity index (χ4v) is 3.55. The lowest BCUT2D eigenvalue weighted by atomic mass is 9.91. The number of fused-ring (bicyclic) bond motifs is 1. The minimum atomic E-state index is -0.732. The van der Waals surface area contributed by atoms with Crippen LogP contribution in [0.1, 0.15) is 30.3 Å². The topological polar surface area (TPSA) is 127 Å². The van der Waals surface area contributed by atoms with Crippen LogP contribution in [0.5, 0.6) is 0 Å². The Hall–Kier alpha value is -2.78. The molecule has 28 heavy (non-hydrogen) atoms. The number of nitrogens with two attached hydrogens (primary N) is 2. The van der Waals surface area contributed by atoms with Crippen molar-refractivity contribution in [1.29, 1.82) is 0 Å². The Kier molecular flexibility index (Phi) is 4.43. The summed E-state index contributed by atoms with van der Waals surface area (Å²) in [5, 5.41) is 7.18. The van der Waals surface area contributed by atoms with Gasteiger partial charge in [0.1, 0.15) is 17.2 Å². The van der Waals surface area contributed by atoms with Crippen LogP contribution in [0.15, 0.2) is 18.2 Å². The molecule has 3 heterocycles. The summed E-state index contributed by atoms with van der Waals surface area (Å²) in [7, 11) is 0. The van der Waals surface area contributed by atoms with Gasteiger partial charge in [-0.2, -0.15) is 10.1 Å². The Morgan fingerprint density at radius 2 is 2.04 bits per heavy atom. The highest BCUT2D eigenvalue weighted by atomic mass is 35.5. The number of rotatable bonds is 3. The molecule has 1 fully saturated rings. The van der Waals surface area contributed by atoms with Gasteiger partial charge in [-0.05, 0) is 25.8 Å². The molecule has 146 valence electrons. The first-order chi connectivity index (χ1) is 13.3. The molecule has 10 heteroatoms. The van der Waals surface area contributed by atoms with Gasteiger partial charge < -0.3 is 16.4 Å². The first kappa shape index (κ1) is 18.6. The molecule has 1 amide bonds. The number of benzene rings is 1. The van der Waals surface area contributed by atoms with E-state index in [1.165, 1.54) is 12.1 Å². The molecule has 3 aromatic rings. The Morgan fingerprint density at radius 3 is 2.71 bits per heavy atom. The predicted molar refractivity (Wildman–Crippen MR) is 105 cm³/mol. The number of nitrogens with zero attached hydrogens (tertiary/aromatic N) is 4. The average molecular weight is 404 g/mol. The van der Waals surface area contributed by atoms with Gasteiger partial charge in [0, 0.05) is 24.2 Å². The van der Waals surface area contributed by atoms with E-state index in [0.29, 0.717) is 35.6 Å². The fraction of sp³-hybridized carbons (Fsp3) is 0.333. The molecule has 1 aliphatic rings. The summed E-state index contributed by atoms with van der Waals surface area (Å²) in [4.78, 5) is 23.0. The van der Waals surface area contributed by atoms with Crippen LogP contribution < -0.4 is 16.4 Å². The van der Waals surface area contributed by atoms with Crippen molar-refractivity contribution in [2.45, 2.75) is 25.3 Å². The lowest BCUT2D eigenvalue weighted by Gasteiger charge is -2.36. The summed E-state index contributed by atoms with van der Waals surface area (Å²) >= 11 is 6.09. The minimum Gasteiger partial charge on any atom is -0.364 e. The number of carbonyl (C=O) groups is 1. The molecule has 0 spiro atoms. The average Bonchev–Trinajstić information content (AvgIpc) is 3.07. The van der Waals surface area contributed by atoms with E-state index < -0.39 is 11.7 Å². The summed E-state index contributed by atoms with van der Waals surface area (Å²) in [6.45, 7) is 3.33. The molecular formula is C18H19ClFN7O. The highest BCUT2D eigenvalue weighted by molar-refractivity contribution is 6.33. The van der Waals surface area contributed by atoms with E-state index in [4.69, 9.17) is 23.1 Å². The van der Waals surface area contributed by atoms with Gasteiger partial charge in [-0.25, -0.2) is 9.37 Å². The van der Waals surface area contributed by atoms with Crippen LogP contribution in [0.4, 0.5) is 10.3 Å². The second-order valence-electron chi connectivity index (χ2n) is 7.27. The zero-order valence-corrected chi connectivity index (χ0v) is 15.9. The van der Waals surface area contributed by atoms with Gasteiger partial charge in [0.05, 0.1) is 10.4 Å². The molecule has 1 aliphatic heterocycles. The number of anilines is 1. The SMILES string of the molecule is CC1(N)CCN(c2nc(C(N)=O)c3c(-c4cccc(F)c4Cl)n[nH]c3n2)CC1. The van der Waals surface area contributed by atoms with Crippen LogP contribution in [-0.4, -0.2) is 44.7 Å². The van der Waals surface area contributed by atoms with E-state index in [2.05, 4.69) is 20.2 Å². The number of nitrogens with one attached hydrogen (secondary N) is 1. The minimum absolute atomic E-state index is 0.00478. The van der Waals surface area contributed by atoms with E-state index in [0.717, 1.165) is 12.8 Å². The molecule has 5 N–H and O–H groups in total. The zero-order chi connectivity index (χ0) is 20.1. The molecule has 2 aromatic heterocycles. The quantitative estimate of drug-likeness (QED) is 0.615. The van der Waals surface area contributed by atoms with Crippen LogP contribution in [0.3, 0.4) is 0 Å². The van der Waals surface area contributed by atoms with Crippen molar-refractivity contribution in [3.05, 3.63) is 34.7 Å². The Balaban J connectivity index is 1.84. The van der Waals surface area contributed by atoms with E-state index in [1.54, 1.807) is 6.07 Å². The molecule has 0 atom stereocenters. The smallest absolute Gasteiger partial charge is 0.268 e. The number of amides is 1. The number of piperidine rings is 1. The van der Waals surface area contributed by atoms with Gasteiger partial charge in [0.2, 0.25) is 5.95 Å². The number of aromatic amines is 1. The summed E-state index contributed by atoms with van der Waals surface area (Å²) in [5.41, 5.74) is 12.5. The van der Waals surface area contributed by atoms with Crippen LogP contribution in [-0.2, 0) is 0 Å². The van der Waals surface area contributed by atoms with E-state index in [9.17, 15) is 9.18 Å². The lowest BCUT2D eigenvalue weighted by molar-refractivity contribution is 0.0997. The Labute approximate surface area is 165 Å². The third-order valence-electron chi connectivity index (χ3n) is 5.04. The molecule has 1 saturated heterocycles. The van der Waals surface area contributed by atoms with Crippen molar-refractivity contribution >= 4 is 34.5 Å². The maximum Gasteiger partial charge on any atom is 0.268 e. The van der Waals surface area contributed by atoms with Crippen molar-refractivity contribution in [2.24, 2.45) is 11.5 Å². The van der Waals surface area contributed by atoms with Crippen molar-refractivity contribution in [3.8, 4) is 11.3 Å². The van der Waals surface area contributed by atoms with Crippen molar-refractivity contribution in [1.82, 2.24) is 20.2 Å². The van der Waals surface area contributed by atoms with Crippen LogP contribution >= 0.6 is 11.6 Å². The molecule has 1 aromatic carbocycles. The third kappa shape index (κ3) is 3.16. The molecule has 8 nitrogen and oxygen atoms in total. The molecule has 4 rings (SSSR count). The molecule has 0 saturated carbocycles. The highest BCUT2D eigenvalue weighted by Gasteiger charge is 2.29. The van der Waals surface area contributed by atoms with Gasteiger partial charge in [-0.1, -0.05) is 23.7 Å². The van der Waals surface area contributed by atoms with Crippen molar-refractivity contribution in [2.75, 3.05) is 18.0 Å². The van der Waals surface area contributed by atoms with E-state index >= 15 is 0 Å². The van der Waals surface area contributed by atoms with Crippen LogP contribution in [0, 0.1) is 5.82 Å². The second-order valence-corrected chi connectivity index (χ2v) is 7.65. The first-order valence-electron chi connectivity index (χ1n) is 8.81. The standard InChI is InChI=1S/C18H19ClFN7O/c1-18(22)5-7-27(8-6-18)17-23-14(15(21)28)11-13(25-26-16(11)24-17)9-3-2-4-10(20)12(9)19/h2-4H,5-8,22H2,1H3,(H2,21,28)(H,23,24,25,26). The van der Waals surface area contributed by atoms with E-state index in [1.807, 2.05) is 11.8 Å². The number of halogens is 2. The summed E-state index contributed by atoms with van der Waals surface area (Å²) < 4.78 is 13.9. The summed E-state index contributed by atoms with van der Waals surface area (Å²) in [6.07, 6.45) is 1.54. The highest BCUT2D eigenvalue weighted by Crippen LogP contribution is 2.35. The second kappa shape index (κ2) is 6.68. The number of carbonyl (C=O) groups excluding carboxylic acids is 1. The molecule has 0 bridgehead atoms. The first-order valence-corrected chi connectivity index (χ1v) is 9.19. The third-order valence-corrected chi connectivity index (χ3v) is 5.42. The zero-order valence-electron chi connectivity index (χ0n) is 15.2. The monoisotopic (exact) mass is 403 g/mol. The normalized spacial score (nSPS) is 16.5. The van der Waals surface area contributed by atoms with Gasteiger partial charge in [0.25, 0.3) is 5.91 Å². The Bertz CT molecular complexity index is 1070. The number of hydrogen-bond acceptors (Lipinski definition) is 6. The summed E-state index contributed by atoms with van der Waals surface area (Å²) in [6, 6.07) is 4.35. The fourth-order valence-electron chi connectivity index (χ4n) is 3.34. The van der Waals surface area contributed by atoms with Gasteiger partial charge in [-0.3, -0.25) is 9.89 Å². The van der Waals surface area contributed by atoms with Gasteiger partial charge >= 0.3 is 0 Å². The molecule has 0 unspecified atom stereocenters. The molecular weight excluding hydrogens is 385 g/mol. The van der Waals surface area contributed by atoms with Crippen LogP contribution in [0.2, 0.25) is 5.02 Å². The summed E-state index contributed by atoms with van der Waals surface area (Å²) in [5.74, 6) is -0.950. The maximum atomic E-state index is 13.9. The molecule has 0 radical (unpaired) electrons. The number of H-pyrrole nitrogens is 1.